The number of anilines is 3. The number of benzene rings is 3. The number of sulfone groups is 1. The lowest BCUT2D eigenvalue weighted by Gasteiger charge is -2.37. The third-order valence-electron chi connectivity index (χ3n) is 8.36. The number of piperazine rings is 1. The van der Waals surface area contributed by atoms with Crippen molar-refractivity contribution in [2.75, 3.05) is 42.8 Å². The molecule has 2 atom stereocenters. The van der Waals surface area contributed by atoms with Crippen molar-refractivity contribution in [3.8, 4) is 16.8 Å². The topological polar surface area (TPSA) is 118 Å². The van der Waals surface area contributed by atoms with E-state index in [0.29, 0.717) is 36.2 Å². The van der Waals surface area contributed by atoms with Crippen LogP contribution in [0.15, 0.2) is 88.7 Å². The Morgan fingerprint density at radius 1 is 0.980 bits per heavy atom. The summed E-state index contributed by atoms with van der Waals surface area (Å²) in [7, 11) is -2.83. The normalized spacial score (nSPS) is 16.9. The highest BCUT2D eigenvalue weighted by atomic mass is 32.2. The van der Waals surface area contributed by atoms with E-state index in [4.69, 9.17) is 4.74 Å². The average Bonchev–Trinajstić information content (AvgIpc) is 3.06. The molecule has 262 valence electrons. The number of para-hydroxylation sites is 1. The first-order chi connectivity index (χ1) is 23.7. The van der Waals surface area contributed by atoms with E-state index in [1.165, 1.54) is 25.4 Å². The van der Waals surface area contributed by atoms with Gasteiger partial charge >= 0.3 is 6.18 Å². The van der Waals surface area contributed by atoms with Crippen LogP contribution in [0.3, 0.4) is 0 Å². The van der Waals surface area contributed by atoms with Crippen molar-refractivity contribution < 1.29 is 30.7 Å². The zero-order chi connectivity index (χ0) is 35.8. The van der Waals surface area contributed by atoms with Gasteiger partial charge in [0.25, 0.3) is 5.56 Å². The molecule has 0 amide bonds. The first kappa shape index (κ1) is 35.0. The molecule has 10 nitrogen and oxygen atoms in total. The summed E-state index contributed by atoms with van der Waals surface area (Å²) in [6.45, 7) is 5.15. The maximum absolute atomic E-state index is 15.3. The van der Waals surface area contributed by atoms with Gasteiger partial charge in [-0.3, -0.25) is 9.36 Å². The van der Waals surface area contributed by atoms with Gasteiger partial charge in [0.1, 0.15) is 5.82 Å². The molecule has 5 aromatic rings. The number of hydrogen-bond donors (Lipinski definition) is 2. The fourth-order valence-electron chi connectivity index (χ4n) is 6.16. The van der Waals surface area contributed by atoms with Crippen molar-refractivity contribution in [3.63, 3.8) is 0 Å². The van der Waals surface area contributed by atoms with Crippen LogP contribution in [-0.2, 0) is 20.8 Å². The van der Waals surface area contributed by atoms with Crippen molar-refractivity contribution in [2.45, 2.75) is 37.0 Å². The van der Waals surface area contributed by atoms with E-state index in [1.807, 2.05) is 18.7 Å². The van der Waals surface area contributed by atoms with Gasteiger partial charge in [0.05, 0.1) is 34.2 Å². The molecule has 0 spiro atoms. The minimum atomic E-state index is -5.00. The van der Waals surface area contributed by atoms with Crippen LogP contribution in [0.2, 0.25) is 0 Å². The highest BCUT2D eigenvalue weighted by molar-refractivity contribution is 7.91. The van der Waals surface area contributed by atoms with Crippen molar-refractivity contribution in [1.29, 1.82) is 0 Å². The van der Waals surface area contributed by atoms with E-state index in [2.05, 4.69) is 20.6 Å². The Labute approximate surface area is 285 Å². The van der Waals surface area contributed by atoms with Gasteiger partial charge in [-0.15, -0.1) is 0 Å². The van der Waals surface area contributed by atoms with Gasteiger partial charge in [0, 0.05) is 55.1 Å². The molecule has 15 heteroatoms. The van der Waals surface area contributed by atoms with E-state index >= 15 is 4.39 Å². The predicted molar refractivity (Wildman–Crippen MR) is 183 cm³/mol. The van der Waals surface area contributed by atoms with Crippen LogP contribution in [0, 0.1) is 5.82 Å². The quantitative estimate of drug-likeness (QED) is 0.179. The van der Waals surface area contributed by atoms with E-state index in [1.54, 1.807) is 42.5 Å². The first-order valence-corrected chi connectivity index (χ1v) is 17.4. The van der Waals surface area contributed by atoms with Crippen molar-refractivity contribution in [2.24, 2.45) is 0 Å². The third kappa shape index (κ3) is 7.20. The van der Waals surface area contributed by atoms with Gasteiger partial charge < -0.3 is 20.3 Å². The molecular weight excluding hydrogens is 676 g/mol. The van der Waals surface area contributed by atoms with E-state index < -0.39 is 49.2 Å². The summed E-state index contributed by atoms with van der Waals surface area (Å²) in [5, 5.41) is 6.61. The summed E-state index contributed by atoms with van der Waals surface area (Å²) < 4.78 is 90.2. The summed E-state index contributed by atoms with van der Waals surface area (Å²) in [5.74, 6) is -0.940. The largest absolute Gasteiger partial charge is 0.417 e. The lowest BCUT2D eigenvalue weighted by molar-refractivity contribution is -0.137. The minimum Gasteiger partial charge on any atom is -0.384 e. The second-order valence-corrected chi connectivity index (χ2v) is 14.3. The molecule has 1 aliphatic heterocycles. The van der Waals surface area contributed by atoms with Crippen molar-refractivity contribution in [3.05, 3.63) is 101 Å². The number of hydrogen-bond acceptors (Lipinski definition) is 9. The standard InChI is InChI=1S/C35H34F4N6O4S/c1-21-19-44(20-22(2)41-21)31-12-9-24(16-30(31)36)42-34-40-18-23-15-28(33(46)45(32(23)43-34)25-7-5-4-6-8-25)27-11-10-26(17-29(27)35(37,38)39)50(47,48)14-13-49-3/h4-12,15-18,21-22,41H,13-14,19-20H2,1-3H3,(H,40,42,43)/t21-,22+. The van der Waals surface area contributed by atoms with Gasteiger partial charge in [0.15, 0.2) is 15.5 Å². The summed E-state index contributed by atoms with van der Waals surface area (Å²) >= 11 is 0. The van der Waals surface area contributed by atoms with Crippen LogP contribution < -0.4 is 21.1 Å². The highest BCUT2D eigenvalue weighted by Crippen LogP contribution is 2.38. The molecule has 2 aromatic heterocycles. The molecular formula is C35H34F4N6O4S. The molecule has 0 radical (unpaired) electrons. The monoisotopic (exact) mass is 710 g/mol. The zero-order valence-corrected chi connectivity index (χ0v) is 28.1. The maximum Gasteiger partial charge on any atom is 0.417 e. The molecule has 0 aliphatic carbocycles. The Morgan fingerprint density at radius 2 is 1.70 bits per heavy atom. The number of ether oxygens (including phenoxy) is 1. The molecule has 3 heterocycles. The van der Waals surface area contributed by atoms with Gasteiger partial charge in [0.2, 0.25) is 5.95 Å². The number of pyridine rings is 1. The summed E-state index contributed by atoms with van der Waals surface area (Å²) in [4.78, 5) is 24.4. The van der Waals surface area contributed by atoms with Crippen LogP contribution in [0.25, 0.3) is 27.8 Å². The van der Waals surface area contributed by atoms with Crippen molar-refractivity contribution in [1.82, 2.24) is 19.9 Å². The number of methoxy groups -OCH3 is 1. The zero-order valence-electron chi connectivity index (χ0n) is 27.3. The second kappa shape index (κ2) is 13.8. The van der Waals surface area contributed by atoms with Crippen LogP contribution in [-0.4, -0.2) is 67.6 Å². The first-order valence-electron chi connectivity index (χ1n) is 15.7. The highest BCUT2D eigenvalue weighted by Gasteiger charge is 2.36. The van der Waals surface area contributed by atoms with Gasteiger partial charge in [-0.2, -0.15) is 18.2 Å². The fraction of sp³-hybridized carbons (Fsp3) is 0.286. The SMILES string of the molecule is COCCS(=O)(=O)c1ccc(-c2cc3cnc(Nc4ccc(N5C[C@@H](C)N[C@@H](C)C5)c(F)c4)nc3n(-c3ccccc3)c2=O)c(C(F)(F)F)c1. The molecule has 0 unspecified atom stereocenters. The fourth-order valence-corrected chi connectivity index (χ4v) is 7.35. The Kier molecular flexibility index (Phi) is 9.66. The molecule has 1 fully saturated rings. The lowest BCUT2D eigenvalue weighted by atomic mass is 9.99. The third-order valence-corrected chi connectivity index (χ3v) is 10.0. The number of aromatic nitrogens is 3. The van der Waals surface area contributed by atoms with Crippen LogP contribution >= 0.6 is 0 Å². The van der Waals surface area contributed by atoms with Crippen LogP contribution in [0.1, 0.15) is 19.4 Å². The lowest BCUT2D eigenvalue weighted by Crippen LogP contribution is -2.54. The Morgan fingerprint density at radius 3 is 2.36 bits per heavy atom. The van der Waals surface area contributed by atoms with Crippen LogP contribution in [0.4, 0.5) is 34.9 Å². The maximum atomic E-state index is 15.3. The smallest absolute Gasteiger partial charge is 0.384 e. The predicted octanol–water partition coefficient (Wildman–Crippen LogP) is 5.96. The Bertz CT molecular complexity index is 2200. The van der Waals surface area contributed by atoms with E-state index in [0.717, 1.165) is 16.7 Å². The number of nitrogens with one attached hydrogen (secondary N) is 2. The molecule has 1 saturated heterocycles. The summed E-state index contributed by atoms with van der Waals surface area (Å²) in [5.41, 5.74) is -1.77. The molecule has 6 rings (SSSR count). The van der Waals surface area contributed by atoms with E-state index in [-0.39, 0.29) is 41.2 Å². The number of fused-ring (bicyclic) bond motifs is 1. The van der Waals surface area contributed by atoms with Crippen LogP contribution in [0.5, 0.6) is 0 Å². The molecule has 50 heavy (non-hydrogen) atoms. The molecule has 2 N–H and O–H groups in total. The molecule has 0 saturated carbocycles. The van der Waals surface area contributed by atoms with Gasteiger partial charge in [-0.05, 0) is 67.9 Å². The number of nitrogens with zero attached hydrogens (tertiary/aromatic N) is 4. The second-order valence-electron chi connectivity index (χ2n) is 12.2. The molecule has 3 aromatic carbocycles. The minimum absolute atomic E-state index is 0.0208. The Hall–Kier alpha value is -4.86. The summed E-state index contributed by atoms with van der Waals surface area (Å²) in [6, 6.07) is 17.1. The Balaban J connectivity index is 1.44. The van der Waals surface area contributed by atoms with Gasteiger partial charge in [-0.1, -0.05) is 24.3 Å². The number of rotatable bonds is 9. The molecule has 0 bridgehead atoms. The number of alkyl halides is 3. The summed E-state index contributed by atoms with van der Waals surface area (Å²) in [6.07, 6.45) is -3.66. The average molecular weight is 711 g/mol. The van der Waals surface area contributed by atoms with E-state index in [9.17, 15) is 26.4 Å². The van der Waals surface area contributed by atoms with Gasteiger partial charge in [-0.25, -0.2) is 17.8 Å². The molecule has 1 aliphatic rings. The number of halogens is 4. The van der Waals surface area contributed by atoms with Crippen molar-refractivity contribution >= 4 is 38.2 Å².